The van der Waals surface area contributed by atoms with Crippen molar-refractivity contribution in [3.63, 3.8) is 0 Å². The molecule has 2 fully saturated rings. The standard InChI is InChI=1S/C24H27Cl2N5O.ClH/c1-2-12-31-22(24(10-11-24)17-6-4-3-5-7-17)28-29-23(31)30-13-8-19(9-14-30)32-21-20(26)15-18(25)16-27-21;/h3-7,15-16,19H,2,8-14H2,1H3;1H. The lowest BCUT2D eigenvalue weighted by Gasteiger charge is -2.33. The molecular weight excluding hydrogens is 481 g/mol. The van der Waals surface area contributed by atoms with Crippen molar-refractivity contribution in [3.8, 4) is 5.88 Å². The van der Waals surface area contributed by atoms with Gasteiger partial charge in [-0.1, -0.05) is 60.5 Å². The molecule has 3 aromatic rings. The lowest BCUT2D eigenvalue weighted by Crippen LogP contribution is -2.40. The van der Waals surface area contributed by atoms with Gasteiger partial charge in [-0.15, -0.1) is 22.6 Å². The van der Waals surface area contributed by atoms with Gasteiger partial charge >= 0.3 is 0 Å². The summed E-state index contributed by atoms with van der Waals surface area (Å²) in [6.45, 7) is 4.84. The van der Waals surface area contributed by atoms with Crippen molar-refractivity contribution >= 4 is 41.6 Å². The second-order valence-corrected chi connectivity index (χ2v) is 9.51. The first kappa shape index (κ1) is 24.1. The van der Waals surface area contributed by atoms with E-state index in [9.17, 15) is 0 Å². The maximum Gasteiger partial charge on any atom is 0.232 e. The molecule has 0 radical (unpaired) electrons. The number of aromatic nitrogens is 4. The van der Waals surface area contributed by atoms with Crippen molar-refractivity contribution in [2.24, 2.45) is 0 Å². The zero-order valence-electron chi connectivity index (χ0n) is 18.6. The van der Waals surface area contributed by atoms with Gasteiger partial charge in [-0.05, 0) is 30.9 Å². The summed E-state index contributed by atoms with van der Waals surface area (Å²) in [5, 5.41) is 10.4. The number of pyridine rings is 1. The van der Waals surface area contributed by atoms with Gasteiger partial charge in [0.2, 0.25) is 11.8 Å². The third-order valence-corrected chi connectivity index (χ3v) is 6.94. The summed E-state index contributed by atoms with van der Waals surface area (Å²) >= 11 is 12.2. The molecule has 0 spiro atoms. The Morgan fingerprint density at radius 3 is 2.45 bits per heavy atom. The lowest BCUT2D eigenvalue weighted by atomic mass is 9.95. The Balaban J connectivity index is 0.00000259. The van der Waals surface area contributed by atoms with Gasteiger partial charge in [-0.3, -0.25) is 4.57 Å². The number of hydrogen-bond donors (Lipinski definition) is 0. The minimum atomic E-state index is 0. The summed E-state index contributed by atoms with van der Waals surface area (Å²) in [6.07, 6.45) is 6.68. The second kappa shape index (κ2) is 10.1. The number of nitrogens with zero attached hydrogens (tertiary/aromatic N) is 5. The largest absolute Gasteiger partial charge is 0.473 e. The molecule has 1 aliphatic heterocycles. The van der Waals surface area contributed by atoms with Crippen molar-refractivity contribution in [1.82, 2.24) is 19.7 Å². The van der Waals surface area contributed by atoms with Crippen LogP contribution < -0.4 is 9.64 Å². The zero-order chi connectivity index (χ0) is 22.1. The molecule has 6 nitrogen and oxygen atoms in total. The molecular formula is C24H28Cl3N5O. The van der Waals surface area contributed by atoms with E-state index < -0.39 is 0 Å². The van der Waals surface area contributed by atoms with E-state index in [4.69, 9.17) is 33.0 Å². The van der Waals surface area contributed by atoms with E-state index in [1.54, 1.807) is 12.3 Å². The van der Waals surface area contributed by atoms with Crippen LogP contribution in [0.2, 0.25) is 10.0 Å². The van der Waals surface area contributed by atoms with Gasteiger partial charge < -0.3 is 9.64 Å². The number of benzene rings is 1. The third-order valence-electron chi connectivity index (χ3n) is 6.46. The molecule has 1 aliphatic carbocycles. The molecule has 1 aromatic carbocycles. The second-order valence-electron chi connectivity index (χ2n) is 8.67. The molecule has 0 N–H and O–H groups in total. The highest BCUT2D eigenvalue weighted by Crippen LogP contribution is 2.53. The fraction of sp³-hybridized carbons (Fsp3) is 0.458. The number of rotatable bonds is 7. The van der Waals surface area contributed by atoms with Crippen molar-refractivity contribution in [2.75, 3.05) is 18.0 Å². The molecule has 33 heavy (non-hydrogen) atoms. The number of piperidine rings is 1. The fourth-order valence-electron chi connectivity index (χ4n) is 4.66. The van der Waals surface area contributed by atoms with Crippen LogP contribution in [0.4, 0.5) is 5.95 Å². The van der Waals surface area contributed by atoms with Gasteiger partial charge in [-0.2, -0.15) is 0 Å². The molecule has 5 rings (SSSR count). The smallest absolute Gasteiger partial charge is 0.232 e. The molecule has 0 bridgehead atoms. The maximum atomic E-state index is 6.23. The average Bonchev–Trinajstić information content (AvgIpc) is 3.51. The average molecular weight is 509 g/mol. The van der Waals surface area contributed by atoms with Gasteiger partial charge in [0.05, 0.1) is 10.4 Å². The van der Waals surface area contributed by atoms with Crippen LogP contribution in [0.3, 0.4) is 0 Å². The van der Waals surface area contributed by atoms with Gasteiger partial charge in [0, 0.05) is 38.7 Å². The van der Waals surface area contributed by atoms with Gasteiger partial charge in [0.15, 0.2) is 0 Å². The van der Waals surface area contributed by atoms with E-state index in [-0.39, 0.29) is 23.9 Å². The summed E-state index contributed by atoms with van der Waals surface area (Å²) in [5.74, 6) is 2.53. The quantitative estimate of drug-likeness (QED) is 0.395. The first-order valence-electron chi connectivity index (χ1n) is 11.3. The third kappa shape index (κ3) is 4.79. The fourth-order valence-corrected chi connectivity index (χ4v) is 5.08. The highest BCUT2D eigenvalue weighted by atomic mass is 35.5. The first-order valence-corrected chi connectivity index (χ1v) is 12.1. The molecule has 2 aliphatic rings. The zero-order valence-corrected chi connectivity index (χ0v) is 20.9. The van der Waals surface area contributed by atoms with Crippen molar-refractivity contribution in [2.45, 2.75) is 57.1 Å². The predicted molar refractivity (Wildman–Crippen MR) is 134 cm³/mol. The van der Waals surface area contributed by atoms with E-state index in [0.717, 1.165) is 63.5 Å². The van der Waals surface area contributed by atoms with Crippen molar-refractivity contribution in [1.29, 1.82) is 0 Å². The van der Waals surface area contributed by atoms with E-state index >= 15 is 0 Å². The van der Waals surface area contributed by atoms with Crippen LogP contribution in [-0.4, -0.2) is 38.9 Å². The summed E-state index contributed by atoms with van der Waals surface area (Å²) in [6, 6.07) is 12.4. The number of hydrogen-bond acceptors (Lipinski definition) is 5. The van der Waals surface area contributed by atoms with E-state index in [2.05, 4.69) is 56.8 Å². The normalized spacial score (nSPS) is 17.5. The molecule has 1 saturated heterocycles. The molecule has 2 aromatic heterocycles. The minimum absolute atomic E-state index is 0. The highest BCUT2D eigenvalue weighted by molar-refractivity contribution is 6.35. The van der Waals surface area contributed by atoms with Crippen LogP contribution in [0, 0.1) is 0 Å². The van der Waals surface area contributed by atoms with Crippen LogP contribution in [0.1, 0.15) is 50.4 Å². The topological polar surface area (TPSA) is 56.1 Å². The molecule has 3 heterocycles. The summed E-state index contributed by atoms with van der Waals surface area (Å²) < 4.78 is 8.41. The Morgan fingerprint density at radius 1 is 1.09 bits per heavy atom. The summed E-state index contributed by atoms with van der Waals surface area (Å²) in [5.41, 5.74) is 1.36. The van der Waals surface area contributed by atoms with E-state index in [1.807, 2.05) is 0 Å². The van der Waals surface area contributed by atoms with Crippen molar-refractivity contribution < 1.29 is 4.74 Å². The monoisotopic (exact) mass is 507 g/mol. The Hall–Kier alpha value is -2.02. The number of anilines is 1. The molecule has 1 saturated carbocycles. The lowest BCUT2D eigenvalue weighted by molar-refractivity contribution is 0.163. The predicted octanol–water partition coefficient (Wildman–Crippen LogP) is 5.94. The Bertz CT molecular complexity index is 1080. The minimum Gasteiger partial charge on any atom is -0.473 e. The molecule has 0 amide bonds. The Morgan fingerprint density at radius 2 is 1.82 bits per heavy atom. The first-order chi connectivity index (χ1) is 15.6. The van der Waals surface area contributed by atoms with Crippen LogP contribution in [0.15, 0.2) is 42.6 Å². The van der Waals surface area contributed by atoms with Gasteiger partial charge in [-0.25, -0.2) is 4.98 Å². The van der Waals surface area contributed by atoms with Crippen molar-refractivity contribution in [3.05, 3.63) is 64.0 Å². The number of halogens is 3. The van der Waals surface area contributed by atoms with Crippen LogP contribution >= 0.6 is 35.6 Å². The summed E-state index contributed by atoms with van der Waals surface area (Å²) in [4.78, 5) is 6.56. The maximum absolute atomic E-state index is 6.23. The molecule has 0 atom stereocenters. The van der Waals surface area contributed by atoms with E-state index in [1.165, 1.54) is 5.56 Å². The molecule has 176 valence electrons. The molecule has 0 unspecified atom stereocenters. The molecule has 9 heteroatoms. The van der Waals surface area contributed by atoms with E-state index in [0.29, 0.717) is 15.9 Å². The Kier molecular flexibility index (Phi) is 7.37. The van der Waals surface area contributed by atoms with Gasteiger partial charge in [0.1, 0.15) is 17.0 Å². The van der Waals surface area contributed by atoms with Crippen LogP contribution in [0.5, 0.6) is 5.88 Å². The van der Waals surface area contributed by atoms with Crippen LogP contribution in [-0.2, 0) is 12.0 Å². The highest BCUT2D eigenvalue weighted by Gasteiger charge is 2.50. The summed E-state index contributed by atoms with van der Waals surface area (Å²) in [7, 11) is 0. The number of ether oxygens (including phenoxy) is 1. The van der Waals surface area contributed by atoms with Gasteiger partial charge in [0.25, 0.3) is 0 Å². The SMILES string of the molecule is CCCn1c(N2CCC(Oc3ncc(Cl)cc3Cl)CC2)nnc1C1(c2ccccc2)CC1.Cl. The van der Waals surface area contributed by atoms with Crippen LogP contribution in [0.25, 0.3) is 0 Å². The Labute approximate surface area is 210 Å².